The Bertz CT molecular complexity index is 606. The largest absolute Gasteiger partial charge is 0.479 e. The molecule has 20 heavy (non-hydrogen) atoms. The summed E-state index contributed by atoms with van der Waals surface area (Å²) >= 11 is 0. The molecule has 0 amide bonds. The standard InChI is InChI=1S/C11H11F3O5S/c1-10(9(15)16,19-20(2,17)18)7-3-5-8(6-4-7)11(12,13)14/h3-6H,1-2H3,(H,15,16). The first kappa shape index (κ1) is 16.4. The highest BCUT2D eigenvalue weighted by Gasteiger charge is 2.41. The first-order chi connectivity index (χ1) is 8.86. The third-order valence-electron chi connectivity index (χ3n) is 2.49. The minimum atomic E-state index is -4.57. The minimum absolute atomic E-state index is 0.219. The van der Waals surface area contributed by atoms with E-state index in [1.165, 1.54) is 0 Å². The van der Waals surface area contributed by atoms with Gasteiger partial charge in [-0.1, -0.05) is 12.1 Å². The SMILES string of the molecule is CC(OS(C)(=O)=O)(C(=O)O)c1ccc(C(F)(F)F)cc1. The molecule has 0 aliphatic rings. The van der Waals surface area contributed by atoms with Crippen LogP contribution in [-0.4, -0.2) is 25.7 Å². The van der Waals surface area contributed by atoms with Gasteiger partial charge in [-0.05, 0) is 24.6 Å². The molecule has 0 aliphatic heterocycles. The maximum absolute atomic E-state index is 12.4. The first-order valence-corrected chi connectivity index (χ1v) is 6.99. The van der Waals surface area contributed by atoms with Crippen LogP contribution in [0, 0.1) is 0 Å². The molecule has 0 aromatic heterocycles. The number of aliphatic carboxylic acids is 1. The van der Waals surface area contributed by atoms with Crippen molar-refractivity contribution in [1.29, 1.82) is 0 Å². The molecule has 0 saturated heterocycles. The van der Waals surface area contributed by atoms with Crippen LogP contribution >= 0.6 is 0 Å². The Morgan fingerprint density at radius 1 is 1.15 bits per heavy atom. The highest BCUT2D eigenvalue weighted by atomic mass is 32.2. The number of halogens is 3. The van der Waals surface area contributed by atoms with Crippen LogP contribution in [-0.2, 0) is 30.9 Å². The van der Waals surface area contributed by atoms with Crippen molar-refractivity contribution in [3.63, 3.8) is 0 Å². The Balaban J connectivity index is 3.27. The molecule has 1 unspecified atom stereocenters. The van der Waals surface area contributed by atoms with Crippen molar-refractivity contribution in [3.8, 4) is 0 Å². The van der Waals surface area contributed by atoms with Crippen LogP contribution in [0.4, 0.5) is 13.2 Å². The summed E-state index contributed by atoms with van der Waals surface area (Å²) in [7, 11) is -4.12. The van der Waals surface area contributed by atoms with Crippen LogP contribution in [0.5, 0.6) is 0 Å². The molecule has 1 atom stereocenters. The minimum Gasteiger partial charge on any atom is -0.479 e. The molecule has 0 fully saturated rings. The highest BCUT2D eigenvalue weighted by molar-refractivity contribution is 7.86. The summed E-state index contributed by atoms with van der Waals surface area (Å²) in [6, 6.07) is 3.04. The first-order valence-electron chi connectivity index (χ1n) is 5.18. The van der Waals surface area contributed by atoms with Crippen LogP contribution in [0.2, 0.25) is 0 Å². The molecule has 0 saturated carbocycles. The van der Waals surface area contributed by atoms with E-state index >= 15 is 0 Å². The molecule has 1 aromatic rings. The molecule has 0 spiro atoms. The number of carboxylic acid groups (broad SMARTS) is 1. The predicted octanol–water partition coefficient (Wildman–Crippen LogP) is 1.98. The number of benzene rings is 1. The van der Waals surface area contributed by atoms with E-state index < -0.39 is 33.4 Å². The third-order valence-corrected chi connectivity index (χ3v) is 3.13. The molecule has 0 heterocycles. The van der Waals surface area contributed by atoms with E-state index in [0.29, 0.717) is 18.4 Å². The fourth-order valence-corrected chi connectivity index (χ4v) is 2.26. The summed E-state index contributed by atoms with van der Waals surface area (Å²) in [6.07, 6.45) is -3.92. The van der Waals surface area contributed by atoms with E-state index in [1.807, 2.05) is 0 Å². The summed E-state index contributed by atoms with van der Waals surface area (Å²) in [6.45, 7) is 0.943. The Morgan fingerprint density at radius 2 is 1.55 bits per heavy atom. The van der Waals surface area contributed by atoms with Crippen molar-refractivity contribution in [2.24, 2.45) is 0 Å². The second-order valence-electron chi connectivity index (χ2n) is 4.20. The lowest BCUT2D eigenvalue weighted by Gasteiger charge is -2.24. The van der Waals surface area contributed by atoms with Gasteiger partial charge in [-0.25, -0.2) is 8.98 Å². The van der Waals surface area contributed by atoms with Gasteiger partial charge in [0.05, 0.1) is 11.8 Å². The number of hydrogen-bond donors (Lipinski definition) is 1. The second kappa shape index (κ2) is 5.06. The van der Waals surface area contributed by atoms with Crippen LogP contribution in [0.3, 0.4) is 0 Å². The van der Waals surface area contributed by atoms with E-state index in [1.54, 1.807) is 0 Å². The Morgan fingerprint density at radius 3 is 1.85 bits per heavy atom. The summed E-state index contributed by atoms with van der Waals surface area (Å²) in [5.41, 5.74) is -3.49. The second-order valence-corrected chi connectivity index (χ2v) is 5.78. The number of hydrogen-bond acceptors (Lipinski definition) is 4. The Hall–Kier alpha value is -1.61. The van der Waals surface area contributed by atoms with Gasteiger partial charge in [-0.15, -0.1) is 0 Å². The molecule has 1 N–H and O–H groups in total. The number of rotatable bonds is 4. The molecule has 112 valence electrons. The van der Waals surface area contributed by atoms with Crippen LogP contribution in [0.15, 0.2) is 24.3 Å². The zero-order chi connectivity index (χ0) is 15.8. The van der Waals surface area contributed by atoms with Crippen molar-refractivity contribution >= 4 is 16.1 Å². The van der Waals surface area contributed by atoms with Gasteiger partial charge < -0.3 is 5.11 Å². The van der Waals surface area contributed by atoms with E-state index in [4.69, 9.17) is 5.11 Å². The van der Waals surface area contributed by atoms with Gasteiger partial charge in [0.2, 0.25) is 5.60 Å². The zero-order valence-electron chi connectivity index (χ0n) is 10.4. The number of alkyl halides is 3. The van der Waals surface area contributed by atoms with E-state index in [0.717, 1.165) is 19.1 Å². The Labute approximate surface area is 113 Å². The topological polar surface area (TPSA) is 80.7 Å². The third kappa shape index (κ3) is 3.70. The molecular weight excluding hydrogens is 301 g/mol. The lowest BCUT2D eigenvalue weighted by molar-refractivity contribution is -0.154. The molecule has 0 radical (unpaired) electrons. The molecule has 9 heteroatoms. The normalized spacial score (nSPS) is 15.7. The molecule has 1 aromatic carbocycles. The smallest absolute Gasteiger partial charge is 0.416 e. The van der Waals surface area contributed by atoms with Crippen LogP contribution < -0.4 is 0 Å². The van der Waals surface area contributed by atoms with Crippen molar-refractivity contribution in [2.45, 2.75) is 18.7 Å². The predicted molar refractivity (Wildman–Crippen MR) is 62.4 cm³/mol. The molecule has 0 bridgehead atoms. The highest BCUT2D eigenvalue weighted by Crippen LogP contribution is 2.33. The summed E-state index contributed by atoms with van der Waals surface area (Å²) in [5, 5.41) is 9.07. The lowest BCUT2D eigenvalue weighted by Crippen LogP contribution is -2.37. The van der Waals surface area contributed by atoms with E-state index in [9.17, 15) is 26.4 Å². The van der Waals surface area contributed by atoms with Gasteiger partial charge >= 0.3 is 12.1 Å². The van der Waals surface area contributed by atoms with Gasteiger partial charge in [0.15, 0.2) is 0 Å². The zero-order valence-corrected chi connectivity index (χ0v) is 11.2. The van der Waals surface area contributed by atoms with Crippen LogP contribution in [0.1, 0.15) is 18.1 Å². The summed E-state index contributed by atoms with van der Waals surface area (Å²) in [4.78, 5) is 11.2. The monoisotopic (exact) mass is 312 g/mol. The summed E-state index contributed by atoms with van der Waals surface area (Å²) in [5.74, 6) is -1.64. The fraction of sp³-hybridized carbons (Fsp3) is 0.364. The summed E-state index contributed by atoms with van der Waals surface area (Å²) < 4.78 is 63.9. The van der Waals surface area contributed by atoms with Crippen molar-refractivity contribution < 1.29 is 35.7 Å². The lowest BCUT2D eigenvalue weighted by atomic mass is 9.95. The average molecular weight is 312 g/mol. The van der Waals surface area contributed by atoms with E-state index in [-0.39, 0.29) is 5.56 Å². The molecule has 1 rings (SSSR count). The van der Waals surface area contributed by atoms with Gasteiger partial charge in [-0.2, -0.15) is 21.6 Å². The fourth-order valence-electron chi connectivity index (χ4n) is 1.49. The van der Waals surface area contributed by atoms with Crippen LogP contribution in [0.25, 0.3) is 0 Å². The van der Waals surface area contributed by atoms with Crippen molar-refractivity contribution in [2.75, 3.05) is 6.26 Å². The van der Waals surface area contributed by atoms with Gasteiger partial charge in [-0.3, -0.25) is 0 Å². The average Bonchev–Trinajstić information content (AvgIpc) is 2.25. The van der Waals surface area contributed by atoms with Gasteiger partial charge in [0, 0.05) is 0 Å². The van der Waals surface area contributed by atoms with Gasteiger partial charge in [0.1, 0.15) is 0 Å². The van der Waals surface area contributed by atoms with Crippen molar-refractivity contribution in [3.05, 3.63) is 35.4 Å². The Kier molecular flexibility index (Phi) is 4.16. The van der Waals surface area contributed by atoms with E-state index in [2.05, 4.69) is 4.18 Å². The molecule has 5 nitrogen and oxygen atoms in total. The quantitative estimate of drug-likeness (QED) is 0.860. The number of carboxylic acids is 1. The molecule has 0 aliphatic carbocycles. The molecular formula is C11H11F3O5S. The van der Waals surface area contributed by atoms with Crippen molar-refractivity contribution in [1.82, 2.24) is 0 Å². The maximum atomic E-state index is 12.4. The maximum Gasteiger partial charge on any atom is 0.416 e. The number of carbonyl (C=O) groups is 1. The van der Waals surface area contributed by atoms with Gasteiger partial charge in [0.25, 0.3) is 10.1 Å².